The summed E-state index contributed by atoms with van der Waals surface area (Å²) in [6.07, 6.45) is 3.14. The summed E-state index contributed by atoms with van der Waals surface area (Å²) in [5.41, 5.74) is 6.11. The fourth-order valence-corrected chi connectivity index (χ4v) is 3.18. The molecule has 0 spiro atoms. The van der Waals surface area contributed by atoms with Crippen LogP contribution in [0.2, 0.25) is 0 Å². The van der Waals surface area contributed by atoms with E-state index in [1.54, 1.807) is 24.5 Å². The number of aromatic nitrogens is 1. The fourth-order valence-electron chi connectivity index (χ4n) is 1.54. The lowest BCUT2D eigenvalue weighted by Gasteiger charge is -2.10. The van der Waals surface area contributed by atoms with Crippen molar-refractivity contribution in [2.24, 2.45) is 0 Å². The quantitative estimate of drug-likeness (QED) is 0.818. The van der Waals surface area contributed by atoms with Gasteiger partial charge in [-0.3, -0.25) is 4.98 Å². The molecular formula is C12H11BrFN3O2S. The van der Waals surface area contributed by atoms with Crippen LogP contribution in [0.25, 0.3) is 0 Å². The minimum atomic E-state index is -3.83. The summed E-state index contributed by atoms with van der Waals surface area (Å²) in [7, 11) is -3.83. The maximum atomic E-state index is 13.2. The Morgan fingerprint density at radius 3 is 2.80 bits per heavy atom. The molecule has 1 heterocycles. The Balaban J connectivity index is 2.25. The number of nitrogens with zero attached hydrogens (tertiary/aromatic N) is 1. The molecule has 0 unspecified atom stereocenters. The second-order valence-corrected chi connectivity index (χ2v) is 6.58. The maximum absolute atomic E-state index is 13.2. The molecule has 0 saturated carbocycles. The van der Waals surface area contributed by atoms with E-state index in [-0.39, 0.29) is 21.6 Å². The summed E-state index contributed by atoms with van der Waals surface area (Å²) >= 11 is 2.94. The van der Waals surface area contributed by atoms with E-state index in [1.807, 2.05) is 0 Å². The SMILES string of the molecule is Nc1cc(F)c(Br)cc1S(=O)(=O)NCc1cccnc1. The van der Waals surface area contributed by atoms with Crippen molar-refractivity contribution >= 4 is 31.6 Å². The molecule has 20 heavy (non-hydrogen) atoms. The van der Waals surface area contributed by atoms with E-state index in [0.717, 1.165) is 12.1 Å². The molecule has 0 aliphatic heterocycles. The Hall–Kier alpha value is -1.51. The van der Waals surface area contributed by atoms with Crippen LogP contribution in [0.15, 0.2) is 46.0 Å². The second kappa shape index (κ2) is 5.86. The van der Waals surface area contributed by atoms with Gasteiger partial charge in [-0.1, -0.05) is 6.07 Å². The predicted octanol–water partition coefficient (Wildman–Crippen LogP) is 2.04. The maximum Gasteiger partial charge on any atom is 0.242 e. The number of nitrogens with two attached hydrogens (primary N) is 1. The highest BCUT2D eigenvalue weighted by atomic mass is 79.9. The number of sulfonamides is 1. The molecule has 0 fully saturated rings. The van der Waals surface area contributed by atoms with E-state index in [4.69, 9.17) is 5.73 Å². The molecule has 0 aliphatic carbocycles. The van der Waals surface area contributed by atoms with Crippen molar-refractivity contribution in [1.29, 1.82) is 0 Å². The Morgan fingerprint density at radius 2 is 2.15 bits per heavy atom. The molecule has 5 nitrogen and oxygen atoms in total. The highest BCUT2D eigenvalue weighted by Crippen LogP contribution is 2.26. The molecule has 1 aromatic carbocycles. The van der Waals surface area contributed by atoms with Crippen molar-refractivity contribution in [2.45, 2.75) is 11.4 Å². The lowest BCUT2D eigenvalue weighted by atomic mass is 10.3. The molecule has 8 heteroatoms. The van der Waals surface area contributed by atoms with Gasteiger partial charge in [0.2, 0.25) is 10.0 Å². The van der Waals surface area contributed by atoms with Gasteiger partial charge in [-0.05, 0) is 39.7 Å². The second-order valence-electron chi connectivity index (χ2n) is 3.99. The zero-order valence-electron chi connectivity index (χ0n) is 10.2. The summed E-state index contributed by atoms with van der Waals surface area (Å²) in [4.78, 5) is 3.71. The van der Waals surface area contributed by atoms with Crippen LogP contribution >= 0.6 is 15.9 Å². The van der Waals surface area contributed by atoms with Crippen LogP contribution in [0, 0.1) is 5.82 Å². The number of anilines is 1. The summed E-state index contributed by atoms with van der Waals surface area (Å²) in [6, 6.07) is 5.53. The van der Waals surface area contributed by atoms with Gasteiger partial charge >= 0.3 is 0 Å². The van der Waals surface area contributed by atoms with Crippen LogP contribution in [0.1, 0.15) is 5.56 Å². The summed E-state index contributed by atoms with van der Waals surface area (Å²) in [5.74, 6) is -0.617. The van der Waals surface area contributed by atoms with Crippen molar-refractivity contribution in [3.63, 3.8) is 0 Å². The normalized spacial score (nSPS) is 11.5. The van der Waals surface area contributed by atoms with Crippen molar-refractivity contribution in [2.75, 3.05) is 5.73 Å². The van der Waals surface area contributed by atoms with E-state index >= 15 is 0 Å². The van der Waals surface area contributed by atoms with Crippen molar-refractivity contribution in [3.05, 3.63) is 52.5 Å². The van der Waals surface area contributed by atoms with Crippen molar-refractivity contribution in [3.8, 4) is 0 Å². The largest absolute Gasteiger partial charge is 0.398 e. The molecule has 2 aromatic rings. The Morgan fingerprint density at radius 1 is 1.40 bits per heavy atom. The Kier molecular flexibility index (Phi) is 4.36. The number of pyridine rings is 1. The third-order valence-corrected chi connectivity index (χ3v) is 4.60. The molecule has 0 atom stereocenters. The molecule has 0 bridgehead atoms. The van der Waals surface area contributed by atoms with E-state index in [1.165, 1.54) is 0 Å². The van der Waals surface area contributed by atoms with Crippen LogP contribution in [-0.4, -0.2) is 13.4 Å². The van der Waals surface area contributed by atoms with Crippen LogP contribution < -0.4 is 10.5 Å². The van der Waals surface area contributed by atoms with E-state index in [0.29, 0.717) is 5.56 Å². The highest BCUT2D eigenvalue weighted by molar-refractivity contribution is 9.10. The molecule has 0 saturated heterocycles. The standard InChI is InChI=1S/C12H11BrFN3O2S/c13-9-4-12(11(15)5-10(9)14)20(18,19)17-7-8-2-1-3-16-6-8/h1-6,17H,7,15H2. The number of halogens is 2. The topological polar surface area (TPSA) is 85.1 Å². The van der Waals surface area contributed by atoms with Crippen LogP contribution in [0.5, 0.6) is 0 Å². The number of nitrogens with one attached hydrogen (secondary N) is 1. The smallest absolute Gasteiger partial charge is 0.242 e. The molecule has 106 valence electrons. The average molecular weight is 360 g/mol. The Bertz CT molecular complexity index is 723. The minimum absolute atomic E-state index is 0.0356. The number of rotatable bonds is 4. The van der Waals surface area contributed by atoms with Gasteiger partial charge in [-0.25, -0.2) is 17.5 Å². The molecular weight excluding hydrogens is 349 g/mol. The zero-order valence-corrected chi connectivity index (χ0v) is 12.6. The van der Waals surface area contributed by atoms with Gasteiger partial charge in [0.15, 0.2) is 0 Å². The Labute approximate surface area is 124 Å². The first-order valence-corrected chi connectivity index (χ1v) is 7.81. The molecule has 3 N–H and O–H groups in total. The first-order valence-electron chi connectivity index (χ1n) is 5.53. The lowest BCUT2D eigenvalue weighted by Crippen LogP contribution is -2.24. The first kappa shape index (κ1) is 14.9. The number of nitrogen functional groups attached to an aromatic ring is 1. The van der Waals surface area contributed by atoms with Gasteiger partial charge in [0.1, 0.15) is 10.7 Å². The minimum Gasteiger partial charge on any atom is -0.398 e. The van der Waals surface area contributed by atoms with E-state index in [2.05, 4.69) is 25.6 Å². The molecule has 0 amide bonds. The van der Waals surface area contributed by atoms with Gasteiger partial charge in [0.25, 0.3) is 0 Å². The van der Waals surface area contributed by atoms with Crippen molar-refractivity contribution < 1.29 is 12.8 Å². The van der Waals surface area contributed by atoms with Gasteiger partial charge in [0, 0.05) is 18.9 Å². The first-order chi connectivity index (χ1) is 9.40. The molecule has 2 rings (SSSR count). The van der Waals surface area contributed by atoms with Gasteiger partial charge in [-0.2, -0.15) is 0 Å². The van der Waals surface area contributed by atoms with Crippen LogP contribution in [0.4, 0.5) is 10.1 Å². The average Bonchev–Trinajstić information content (AvgIpc) is 2.42. The van der Waals surface area contributed by atoms with E-state index < -0.39 is 15.8 Å². The molecule has 0 aliphatic rings. The summed E-state index contributed by atoms with van der Waals surface area (Å²) in [6.45, 7) is 0.0740. The zero-order chi connectivity index (χ0) is 14.8. The van der Waals surface area contributed by atoms with Crippen LogP contribution in [-0.2, 0) is 16.6 Å². The van der Waals surface area contributed by atoms with E-state index in [9.17, 15) is 12.8 Å². The van der Waals surface area contributed by atoms with Crippen LogP contribution in [0.3, 0.4) is 0 Å². The third-order valence-electron chi connectivity index (χ3n) is 2.53. The lowest BCUT2D eigenvalue weighted by molar-refractivity contribution is 0.580. The monoisotopic (exact) mass is 359 g/mol. The van der Waals surface area contributed by atoms with Gasteiger partial charge in [0.05, 0.1) is 10.2 Å². The number of hydrogen-bond acceptors (Lipinski definition) is 4. The molecule has 1 aromatic heterocycles. The highest BCUT2D eigenvalue weighted by Gasteiger charge is 2.19. The van der Waals surface area contributed by atoms with Crippen molar-refractivity contribution in [1.82, 2.24) is 9.71 Å². The van der Waals surface area contributed by atoms with Gasteiger partial charge in [-0.15, -0.1) is 0 Å². The third kappa shape index (κ3) is 3.33. The van der Waals surface area contributed by atoms with Gasteiger partial charge < -0.3 is 5.73 Å². The number of benzene rings is 1. The summed E-state index contributed by atoms with van der Waals surface area (Å²) in [5, 5.41) is 0. The fraction of sp³-hybridized carbons (Fsp3) is 0.0833. The predicted molar refractivity (Wildman–Crippen MR) is 76.8 cm³/mol. The molecule has 0 radical (unpaired) electrons. The summed E-state index contributed by atoms with van der Waals surface area (Å²) < 4.78 is 39.9. The number of hydrogen-bond donors (Lipinski definition) is 2.